The van der Waals surface area contributed by atoms with Crippen LogP contribution in [0.5, 0.6) is 5.75 Å². The van der Waals surface area contributed by atoms with Crippen LogP contribution < -0.4 is 4.74 Å². The molecular formula is C19H27ClN2O4. The summed E-state index contributed by atoms with van der Waals surface area (Å²) in [6.07, 6.45) is 0.728. The van der Waals surface area contributed by atoms with Crippen LogP contribution in [-0.4, -0.2) is 61.2 Å². The van der Waals surface area contributed by atoms with Crippen molar-refractivity contribution in [1.29, 1.82) is 0 Å². The summed E-state index contributed by atoms with van der Waals surface area (Å²) in [6, 6.07) is 7.19. The van der Waals surface area contributed by atoms with Gasteiger partial charge in [-0.1, -0.05) is 37.6 Å². The van der Waals surface area contributed by atoms with Crippen molar-refractivity contribution in [2.24, 2.45) is 5.92 Å². The molecule has 0 unspecified atom stereocenters. The van der Waals surface area contributed by atoms with Gasteiger partial charge >= 0.3 is 6.09 Å². The van der Waals surface area contributed by atoms with Gasteiger partial charge in [0.05, 0.1) is 24.7 Å². The van der Waals surface area contributed by atoms with E-state index in [0.717, 1.165) is 6.42 Å². The second-order valence-corrected chi connectivity index (χ2v) is 7.13. The number of carbonyl (C=O) groups is 2. The van der Waals surface area contributed by atoms with E-state index in [1.165, 1.54) is 0 Å². The van der Waals surface area contributed by atoms with Gasteiger partial charge in [0.1, 0.15) is 5.75 Å². The summed E-state index contributed by atoms with van der Waals surface area (Å²) in [5, 5.41) is 0.533. The van der Waals surface area contributed by atoms with E-state index in [0.29, 0.717) is 49.5 Å². The topological polar surface area (TPSA) is 59.1 Å². The van der Waals surface area contributed by atoms with E-state index in [1.807, 2.05) is 26.0 Å². The van der Waals surface area contributed by atoms with Gasteiger partial charge in [-0.05, 0) is 24.5 Å². The molecule has 1 aromatic carbocycles. The van der Waals surface area contributed by atoms with E-state index in [1.54, 1.807) is 21.9 Å². The van der Waals surface area contributed by atoms with Gasteiger partial charge in [-0.25, -0.2) is 4.79 Å². The van der Waals surface area contributed by atoms with E-state index >= 15 is 0 Å². The first kappa shape index (κ1) is 20.4. The standard InChI is InChI=1S/C19H27ClN2O4/c1-15(2)14-26-19(24)22-10-5-9-21(11-12-22)18(23)8-13-25-17-7-4-3-6-16(17)20/h3-4,6-7,15H,5,8-14H2,1-2H3. The molecule has 1 heterocycles. The number of amides is 2. The molecule has 1 aromatic rings. The lowest BCUT2D eigenvalue weighted by atomic mass is 10.2. The Labute approximate surface area is 160 Å². The molecule has 2 amide bonds. The highest BCUT2D eigenvalue weighted by molar-refractivity contribution is 6.32. The summed E-state index contributed by atoms with van der Waals surface area (Å²) >= 11 is 6.03. The Hall–Kier alpha value is -1.95. The monoisotopic (exact) mass is 382 g/mol. The van der Waals surface area contributed by atoms with Crippen molar-refractivity contribution < 1.29 is 19.1 Å². The predicted octanol–water partition coefficient (Wildman–Crippen LogP) is 3.44. The molecule has 0 aliphatic carbocycles. The van der Waals surface area contributed by atoms with Crippen LogP contribution in [0.4, 0.5) is 4.79 Å². The van der Waals surface area contributed by atoms with E-state index in [-0.39, 0.29) is 25.0 Å². The molecule has 144 valence electrons. The van der Waals surface area contributed by atoms with E-state index < -0.39 is 0 Å². The van der Waals surface area contributed by atoms with Crippen molar-refractivity contribution in [3.8, 4) is 5.75 Å². The zero-order chi connectivity index (χ0) is 18.9. The van der Waals surface area contributed by atoms with Gasteiger partial charge in [0.25, 0.3) is 0 Å². The maximum absolute atomic E-state index is 12.4. The van der Waals surface area contributed by atoms with Crippen molar-refractivity contribution in [2.45, 2.75) is 26.7 Å². The average Bonchev–Trinajstić information content (AvgIpc) is 2.87. The Morgan fingerprint density at radius 2 is 1.81 bits per heavy atom. The van der Waals surface area contributed by atoms with Gasteiger partial charge in [0.2, 0.25) is 5.91 Å². The van der Waals surface area contributed by atoms with Crippen LogP contribution in [-0.2, 0) is 9.53 Å². The maximum atomic E-state index is 12.4. The summed E-state index contributed by atoms with van der Waals surface area (Å²) < 4.78 is 10.8. The molecule has 1 aliphatic rings. The van der Waals surface area contributed by atoms with Crippen molar-refractivity contribution in [2.75, 3.05) is 39.4 Å². The van der Waals surface area contributed by atoms with Gasteiger partial charge in [0, 0.05) is 26.2 Å². The minimum atomic E-state index is -0.296. The molecule has 0 bridgehead atoms. The van der Waals surface area contributed by atoms with Gasteiger partial charge < -0.3 is 19.3 Å². The zero-order valence-electron chi connectivity index (χ0n) is 15.4. The highest BCUT2D eigenvalue weighted by Crippen LogP contribution is 2.23. The molecule has 0 atom stereocenters. The van der Waals surface area contributed by atoms with Crippen LogP contribution in [0.1, 0.15) is 26.7 Å². The molecule has 1 saturated heterocycles. The molecule has 0 saturated carbocycles. The molecule has 0 N–H and O–H groups in total. The van der Waals surface area contributed by atoms with Gasteiger partial charge in [-0.3, -0.25) is 4.79 Å². The van der Waals surface area contributed by atoms with Gasteiger partial charge in [-0.2, -0.15) is 0 Å². The fraction of sp³-hybridized carbons (Fsp3) is 0.579. The van der Waals surface area contributed by atoms with Crippen LogP contribution in [0.15, 0.2) is 24.3 Å². The number of nitrogens with zero attached hydrogens (tertiary/aromatic N) is 2. The van der Waals surface area contributed by atoms with Crippen LogP contribution in [0.2, 0.25) is 5.02 Å². The molecule has 26 heavy (non-hydrogen) atoms. The lowest BCUT2D eigenvalue weighted by molar-refractivity contribution is -0.131. The molecule has 0 spiro atoms. The Bertz CT molecular complexity index is 609. The first-order chi connectivity index (χ1) is 12.5. The van der Waals surface area contributed by atoms with E-state index in [9.17, 15) is 9.59 Å². The number of halogens is 1. The Morgan fingerprint density at radius 1 is 1.12 bits per heavy atom. The van der Waals surface area contributed by atoms with Crippen LogP contribution in [0.3, 0.4) is 0 Å². The highest BCUT2D eigenvalue weighted by Gasteiger charge is 2.23. The number of ether oxygens (including phenoxy) is 2. The molecule has 1 aliphatic heterocycles. The van der Waals surface area contributed by atoms with Crippen molar-refractivity contribution in [3.63, 3.8) is 0 Å². The van der Waals surface area contributed by atoms with Crippen LogP contribution in [0, 0.1) is 5.92 Å². The summed E-state index contributed by atoms with van der Waals surface area (Å²) in [4.78, 5) is 27.9. The van der Waals surface area contributed by atoms with Crippen molar-refractivity contribution in [1.82, 2.24) is 9.80 Å². The SMILES string of the molecule is CC(C)COC(=O)N1CCCN(C(=O)CCOc2ccccc2Cl)CC1. The minimum absolute atomic E-state index is 0.0226. The van der Waals surface area contributed by atoms with Gasteiger partial charge in [0.15, 0.2) is 0 Å². The molecule has 7 heteroatoms. The fourth-order valence-corrected chi connectivity index (χ4v) is 2.84. The molecule has 2 rings (SSSR count). The third-order valence-corrected chi connectivity index (χ3v) is 4.37. The average molecular weight is 383 g/mol. The Kier molecular flexibility index (Phi) is 8.04. The largest absolute Gasteiger partial charge is 0.491 e. The molecule has 6 nitrogen and oxygen atoms in total. The number of carbonyl (C=O) groups excluding carboxylic acids is 2. The van der Waals surface area contributed by atoms with Gasteiger partial charge in [-0.15, -0.1) is 0 Å². The molecule has 0 aromatic heterocycles. The Morgan fingerprint density at radius 3 is 2.54 bits per heavy atom. The van der Waals surface area contributed by atoms with E-state index in [4.69, 9.17) is 21.1 Å². The summed E-state index contributed by atoms with van der Waals surface area (Å²) in [5.74, 6) is 0.911. The van der Waals surface area contributed by atoms with Crippen LogP contribution in [0.25, 0.3) is 0 Å². The quantitative estimate of drug-likeness (QED) is 0.756. The second kappa shape index (κ2) is 10.3. The minimum Gasteiger partial charge on any atom is -0.491 e. The molecule has 0 radical (unpaired) electrons. The molecule has 1 fully saturated rings. The fourth-order valence-electron chi connectivity index (χ4n) is 2.65. The second-order valence-electron chi connectivity index (χ2n) is 6.72. The normalized spacial score (nSPS) is 14.9. The number of rotatable bonds is 6. The van der Waals surface area contributed by atoms with Crippen molar-refractivity contribution >= 4 is 23.6 Å². The number of hydrogen-bond donors (Lipinski definition) is 0. The first-order valence-corrected chi connectivity index (χ1v) is 9.42. The van der Waals surface area contributed by atoms with Crippen LogP contribution >= 0.6 is 11.6 Å². The summed E-state index contributed by atoms with van der Waals surface area (Å²) in [7, 11) is 0. The smallest absolute Gasteiger partial charge is 0.409 e. The first-order valence-electron chi connectivity index (χ1n) is 9.04. The van der Waals surface area contributed by atoms with E-state index in [2.05, 4.69) is 0 Å². The zero-order valence-corrected chi connectivity index (χ0v) is 16.2. The Balaban J connectivity index is 1.74. The predicted molar refractivity (Wildman–Crippen MR) is 101 cm³/mol. The highest BCUT2D eigenvalue weighted by atomic mass is 35.5. The number of para-hydroxylation sites is 1. The number of benzene rings is 1. The molecular weight excluding hydrogens is 356 g/mol. The summed E-state index contributed by atoms with van der Waals surface area (Å²) in [6.45, 7) is 6.95. The third-order valence-electron chi connectivity index (χ3n) is 4.06. The third kappa shape index (κ3) is 6.41. The lowest BCUT2D eigenvalue weighted by Gasteiger charge is -2.22. The summed E-state index contributed by atoms with van der Waals surface area (Å²) in [5.41, 5.74) is 0. The lowest BCUT2D eigenvalue weighted by Crippen LogP contribution is -2.38. The van der Waals surface area contributed by atoms with Crippen molar-refractivity contribution in [3.05, 3.63) is 29.3 Å². The maximum Gasteiger partial charge on any atom is 0.409 e. The number of hydrogen-bond acceptors (Lipinski definition) is 4.